The molecule has 1 atom stereocenters. The van der Waals surface area contributed by atoms with Crippen LogP contribution in [-0.2, 0) is 10.4 Å². The quantitative estimate of drug-likeness (QED) is 0.0578. The number of rotatable bonds is 9. The maximum Gasteiger partial charge on any atom is 0.435 e. The van der Waals surface area contributed by atoms with Crippen molar-refractivity contribution in [2.75, 3.05) is 19.6 Å². The van der Waals surface area contributed by atoms with Gasteiger partial charge in [0.15, 0.2) is 0 Å². The molecule has 0 amide bonds. The Labute approximate surface area is 361 Å². The highest BCUT2D eigenvalue weighted by molar-refractivity contribution is 6.35. The Morgan fingerprint density at radius 3 is 1.72 bits per heavy atom. The van der Waals surface area contributed by atoms with Crippen LogP contribution in [0.3, 0.4) is 0 Å². The first-order valence-electron chi connectivity index (χ1n) is 16.9. The van der Waals surface area contributed by atoms with Crippen LogP contribution >= 0.6 is 46.4 Å². The molecule has 60 heavy (non-hydrogen) atoms. The fourth-order valence-electron chi connectivity index (χ4n) is 4.99. The fraction of sp³-hybridized carbons (Fsp3) is 0.282. The van der Waals surface area contributed by atoms with E-state index in [-0.39, 0.29) is 61.3 Å². The van der Waals surface area contributed by atoms with E-state index >= 15 is 0 Å². The number of hydrogen-bond acceptors (Lipinski definition) is 9. The lowest BCUT2D eigenvalue weighted by molar-refractivity contribution is -0.385. The summed E-state index contributed by atoms with van der Waals surface area (Å²) in [5, 5.41) is 35.9. The van der Waals surface area contributed by atoms with Crippen molar-refractivity contribution >= 4 is 75.3 Å². The molecule has 1 aliphatic rings. The van der Waals surface area contributed by atoms with Crippen molar-refractivity contribution in [1.82, 2.24) is 4.90 Å². The van der Waals surface area contributed by atoms with Crippen LogP contribution in [0.25, 0.3) is 5.57 Å². The Morgan fingerprint density at radius 2 is 1.30 bits per heavy atom. The van der Waals surface area contributed by atoms with Crippen LogP contribution in [0.4, 0.5) is 37.7 Å². The number of nitro groups is 2. The van der Waals surface area contributed by atoms with Gasteiger partial charge in [0.05, 0.1) is 27.3 Å². The molecule has 0 saturated carbocycles. The van der Waals surface area contributed by atoms with Gasteiger partial charge in [0.2, 0.25) is 0 Å². The molecule has 1 aliphatic heterocycles. The SMILES string of the molecule is C.C=C(c1cc(Cl)cc(Cl)c1)C(F)(F)F.CCN(CC)CC.O=[N+]([O-])c1cccc(/C=N/O)c1.O=[N+]([O-])c1cccc(C2=NOC(c3cc(Cl)cc(Cl)c3)(C(F)(F)F)C2)c1. The van der Waals surface area contributed by atoms with E-state index in [1.54, 1.807) is 6.07 Å². The van der Waals surface area contributed by atoms with Gasteiger partial charge < -0.3 is 14.9 Å². The molecule has 1 unspecified atom stereocenters. The molecule has 326 valence electrons. The third-order valence-corrected chi connectivity index (χ3v) is 8.96. The standard InChI is InChI=1S/C16H9Cl2F3N2O3.C9H5Cl2F3.C7H6N2O3.C6H15N.CH4/c17-11-5-10(6-12(18)7-11)15(16(19,20)21)8-14(22-26-15)9-2-1-3-13(4-9)23(24)25;1-5(9(12,13)14)6-2-7(10)4-8(11)3-6;10-8-5-6-2-1-3-7(4-6)9(11)12;1-4-7(5-2)6-3;/h1-7H,8H2;2-4H,1H2;1-5,10H;4-6H2,1-3H3;1H4/b;;8-5+;;. The minimum atomic E-state index is -4.83. The van der Waals surface area contributed by atoms with Crippen molar-refractivity contribution in [1.29, 1.82) is 0 Å². The van der Waals surface area contributed by atoms with Crippen molar-refractivity contribution in [2.24, 2.45) is 10.3 Å². The monoisotopic (exact) mass is 927 g/mol. The Bertz CT molecular complexity index is 2110. The first-order valence-corrected chi connectivity index (χ1v) is 18.4. The number of allylic oxidation sites excluding steroid dienone is 1. The van der Waals surface area contributed by atoms with Crippen LogP contribution in [0, 0.1) is 20.2 Å². The van der Waals surface area contributed by atoms with Crippen LogP contribution in [0.2, 0.25) is 20.1 Å². The van der Waals surface area contributed by atoms with E-state index < -0.39 is 39.8 Å². The van der Waals surface area contributed by atoms with Gasteiger partial charge in [-0.2, -0.15) is 26.3 Å². The molecular formula is C39H39Cl4F6N5O6. The summed E-state index contributed by atoms with van der Waals surface area (Å²) in [5.74, 6) is 0. The molecule has 0 spiro atoms. The third-order valence-electron chi connectivity index (χ3n) is 8.09. The van der Waals surface area contributed by atoms with Crippen LogP contribution in [0.5, 0.6) is 0 Å². The lowest BCUT2D eigenvalue weighted by Gasteiger charge is -2.29. The Morgan fingerprint density at radius 1 is 0.833 bits per heavy atom. The van der Waals surface area contributed by atoms with E-state index in [1.807, 2.05) is 0 Å². The van der Waals surface area contributed by atoms with Gasteiger partial charge in [-0.25, -0.2) is 0 Å². The van der Waals surface area contributed by atoms with Crippen molar-refractivity contribution in [2.45, 2.75) is 52.6 Å². The number of oxime groups is 2. The third kappa shape index (κ3) is 15.6. The zero-order chi connectivity index (χ0) is 44.7. The van der Waals surface area contributed by atoms with E-state index in [0.29, 0.717) is 5.56 Å². The zero-order valence-electron chi connectivity index (χ0n) is 31.2. The van der Waals surface area contributed by atoms with Crippen LogP contribution < -0.4 is 0 Å². The molecule has 1 heterocycles. The molecule has 5 rings (SSSR count). The minimum Gasteiger partial charge on any atom is -0.411 e. The summed E-state index contributed by atoms with van der Waals surface area (Å²) in [4.78, 5) is 27.2. The number of benzene rings is 4. The lowest BCUT2D eigenvalue weighted by Crippen LogP contribution is -2.42. The van der Waals surface area contributed by atoms with Crippen LogP contribution in [0.1, 0.15) is 56.9 Å². The summed E-state index contributed by atoms with van der Waals surface area (Å²) in [6.45, 7) is 13.1. The second kappa shape index (κ2) is 23.7. The van der Waals surface area contributed by atoms with E-state index in [1.165, 1.54) is 80.3 Å². The number of halogens is 10. The van der Waals surface area contributed by atoms with Gasteiger partial charge in [0, 0.05) is 67.5 Å². The van der Waals surface area contributed by atoms with Crippen molar-refractivity contribution in [3.63, 3.8) is 0 Å². The summed E-state index contributed by atoms with van der Waals surface area (Å²) in [6, 6.07) is 18.2. The average Bonchev–Trinajstić information content (AvgIpc) is 3.63. The summed E-state index contributed by atoms with van der Waals surface area (Å²) < 4.78 is 78.2. The molecule has 11 nitrogen and oxygen atoms in total. The number of alkyl halides is 6. The summed E-state index contributed by atoms with van der Waals surface area (Å²) >= 11 is 22.8. The number of hydrogen-bond donors (Lipinski definition) is 1. The Balaban J connectivity index is 0.000000447. The summed E-state index contributed by atoms with van der Waals surface area (Å²) in [7, 11) is 0. The van der Waals surface area contributed by atoms with Gasteiger partial charge >= 0.3 is 12.4 Å². The minimum absolute atomic E-state index is 0. The second-order valence-electron chi connectivity index (χ2n) is 11.9. The van der Waals surface area contributed by atoms with Crippen LogP contribution in [-0.4, -0.2) is 63.9 Å². The van der Waals surface area contributed by atoms with Gasteiger partial charge in [0.25, 0.3) is 17.0 Å². The van der Waals surface area contributed by atoms with Crippen molar-refractivity contribution in [3.05, 3.63) is 154 Å². The highest BCUT2D eigenvalue weighted by Crippen LogP contribution is 2.50. The molecule has 0 aliphatic carbocycles. The molecule has 4 aromatic rings. The Hall–Kier alpha value is -4.94. The van der Waals surface area contributed by atoms with Crippen molar-refractivity contribution < 1.29 is 46.2 Å². The molecule has 0 fully saturated rings. The molecule has 0 saturated heterocycles. The first-order chi connectivity index (χ1) is 27.5. The lowest BCUT2D eigenvalue weighted by atomic mass is 9.86. The van der Waals surface area contributed by atoms with Gasteiger partial charge in [-0.1, -0.05) is 116 Å². The summed E-state index contributed by atoms with van der Waals surface area (Å²) in [5.41, 5.74) is -3.84. The molecule has 21 heteroatoms. The predicted octanol–water partition coefficient (Wildman–Crippen LogP) is 13.4. The van der Waals surface area contributed by atoms with Crippen molar-refractivity contribution in [3.8, 4) is 0 Å². The Kier molecular flexibility index (Phi) is 21.0. The number of non-ortho nitro benzene ring substituents is 2. The van der Waals surface area contributed by atoms with Gasteiger partial charge in [-0.05, 0) is 61.6 Å². The van der Waals surface area contributed by atoms with E-state index in [9.17, 15) is 46.6 Å². The maximum absolute atomic E-state index is 13.9. The second-order valence-corrected chi connectivity index (χ2v) is 13.7. The molecule has 0 aromatic heterocycles. The topological polar surface area (TPSA) is 144 Å². The molecular weight excluding hydrogens is 890 g/mol. The van der Waals surface area contributed by atoms with Gasteiger partial charge in [-0.15, -0.1) is 0 Å². The van der Waals surface area contributed by atoms with E-state index in [0.717, 1.165) is 24.4 Å². The van der Waals surface area contributed by atoms with Crippen LogP contribution in [0.15, 0.2) is 102 Å². The highest BCUT2D eigenvalue weighted by atomic mass is 35.5. The zero-order valence-corrected chi connectivity index (χ0v) is 34.2. The fourth-order valence-corrected chi connectivity index (χ4v) is 6.04. The molecule has 1 N–H and O–H groups in total. The first kappa shape index (κ1) is 53.1. The van der Waals surface area contributed by atoms with Gasteiger partial charge in [-0.3, -0.25) is 20.2 Å². The smallest absolute Gasteiger partial charge is 0.411 e. The van der Waals surface area contributed by atoms with Gasteiger partial charge in [0.1, 0.15) is 0 Å². The number of nitrogens with zero attached hydrogens (tertiary/aromatic N) is 5. The molecule has 0 radical (unpaired) electrons. The summed E-state index contributed by atoms with van der Waals surface area (Å²) in [6.07, 6.45) is -8.83. The number of nitro benzene ring substituents is 2. The molecule has 4 aromatic carbocycles. The largest absolute Gasteiger partial charge is 0.435 e. The predicted molar refractivity (Wildman–Crippen MR) is 224 cm³/mol. The molecule has 0 bridgehead atoms. The average molecular weight is 930 g/mol. The van der Waals surface area contributed by atoms with E-state index in [4.69, 9.17) is 56.4 Å². The maximum atomic E-state index is 13.9. The highest BCUT2D eigenvalue weighted by Gasteiger charge is 2.62. The normalized spacial score (nSPS) is 14.5. The van der Waals surface area contributed by atoms with E-state index in [2.05, 4.69) is 42.6 Å².